The number of hydrogen-bond acceptors (Lipinski definition) is 7. The summed E-state index contributed by atoms with van der Waals surface area (Å²) in [5.41, 5.74) is 5.19. The van der Waals surface area contributed by atoms with Crippen LogP contribution in [0.3, 0.4) is 0 Å². The van der Waals surface area contributed by atoms with Crippen LogP contribution in [0.15, 0.2) is 79.0 Å². The number of nitrogens with zero attached hydrogens (tertiary/aromatic N) is 5. The number of likely N-dealkylation sites (N-methyl/N-ethyl adjacent to an activating group) is 1. The number of benzene rings is 3. The Hall–Kier alpha value is -4.80. The second-order valence-electron chi connectivity index (χ2n) is 11.0. The SMILES string of the molecule is CCCCc1nc(Cl)c([C@@](Cc2c[nH]c3ccccc23)(NC)C(=O)OC)n1Cc1ccc(-c2ccccc2-c2nn[nH]n2)cc1. The summed E-state index contributed by atoms with van der Waals surface area (Å²) in [6.07, 6.45) is 4.91. The number of methoxy groups -OCH3 is 1. The molecule has 6 aromatic rings. The molecule has 0 spiro atoms. The minimum Gasteiger partial charge on any atom is -0.467 e. The number of para-hydroxylation sites is 1. The Bertz CT molecular complexity index is 1910. The number of fused-ring (bicyclic) bond motifs is 1. The molecule has 10 nitrogen and oxygen atoms in total. The van der Waals surface area contributed by atoms with Gasteiger partial charge in [0.25, 0.3) is 0 Å². The number of ether oxygens (including phenoxy) is 1. The highest BCUT2D eigenvalue weighted by Gasteiger charge is 2.46. The monoisotopic (exact) mass is 622 g/mol. The molecule has 1 atom stereocenters. The van der Waals surface area contributed by atoms with Crippen molar-refractivity contribution in [3.63, 3.8) is 0 Å². The Morgan fingerprint density at radius 3 is 2.51 bits per heavy atom. The lowest BCUT2D eigenvalue weighted by Gasteiger charge is -2.32. The Morgan fingerprint density at radius 1 is 1.04 bits per heavy atom. The van der Waals surface area contributed by atoms with Crippen molar-refractivity contribution in [2.24, 2.45) is 0 Å². The molecule has 3 N–H and O–H groups in total. The minimum absolute atomic E-state index is 0.284. The summed E-state index contributed by atoms with van der Waals surface area (Å²) >= 11 is 6.98. The number of hydrogen-bond donors (Lipinski definition) is 3. The molecule has 0 saturated heterocycles. The van der Waals surface area contributed by atoms with Gasteiger partial charge in [0.1, 0.15) is 5.82 Å². The van der Waals surface area contributed by atoms with Crippen molar-refractivity contribution < 1.29 is 9.53 Å². The van der Waals surface area contributed by atoms with Gasteiger partial charge in [-0.25, -0.2) is 9.78 Å². The number of unbranched alkanes of at least 4 members (excludes halogenated alkanes) is 1. The van der Waals surface area contributed by atoms with Gasteiger partial charge in [0.2, 0.25) is 5.82 Å². The second-order valence-corrected chi connectivity index (χ2v) is 11.4. The topological polar surface area (TPSA) is 126 Å². The Kier molecular flexibility index (Phi) is 8.77. The van der Waals surface area contributed by atoms with E-state index in [9.17, 15) is 4.79 Å². The molecule has 230 valence electrons. The van der Waals surface area contributed by atoms with E-state index >= 15 is 0 Å². The van der Waals surface area contributed by atoms with Gasteiger partial charge in [0, 0.05) is 42.0 Å². The van der Waals surface area contributed by atoms with Crippen LogP contribution in [0.25, 0.3) is 33.4 Å². The van der Waals surface area contributed by atoms with E-state index in [-0.39, 0.29) is 5.15 Å². The zero-order valence-electron chi connectivity index (χ0n) is 25.5. The molecule has 3 heterocycles. The molecule has 45 heavy (non-hydrogen) atoms. The molecule has 3 aromatic heterocycles. The normalized spacial score (nSPS) is 12.8. The number of aromatic amines is 2. The van der Waals surface area contributed by atoms with Gasteiger partial charge in [-0.2, -0.15) is 5.21 Å². The van der Waals surface area contributed by atoms with E-state index in [0.29, 0.717) is 24.5 Å². The van der Waals surface area contributed by atoms with E-state index in [1.54, 1.807) is 7.05 Å². The predicted octanol–water partition coefficient (Wildman–Crippen LogP) is 6.09. The highest BCUT2D eigenvalue weighted by Crippen LogP contribution is 2.37. The van der Waals surface area contributed by atoms with Crippen LogP contribution < -0.4 is 5.32 Å². The number of halogens is 1. The maximum absolute atomic E-state index is 13.8. The van der Waals surface area contributed by atoms with Gasteiger partial charge in [0.05, 0.1) is 12.8 Å². The van der Waals surface area contributed by atoms with Crippen LogP contribution in [0.5, 0.6) is 0 Å². The zero-order valence-corrected chi connectivity index (χ0v) is 26.2. The van der Waals surface area contributed by atoms with Crippen molar-refractivity contribution >= 4 is 28.5 Å². The molecular formula is C34H35ClN8O2. The van der Waals surface area contributed by atoms with Crippen molar-refractivity contribution in [2.75, 3.05) is 14.2 Å². The smallest absolute Gasteiger partial charge is 0.332 e. The summed E-state index contributed by atoms with van der Waals surface area (Å²) in [5.74, 6) is 0.925. The van der Waals surface area contributed by atoms with Crippen LogP contribution in [-0.2, 0) is 34.5 Å². The summed E-state index contributed by atoms with van der Waals surface area (Å²) in [5, 5.41) is 19.2. The number of rotatable bonds is 12. The average molecular weight is 623 g/mol. The summed E-state index contributed by atoms with van der Waals surface area (Å²) in [4.78, 5) is 22.0. The van der Waals surface area contributed by atoms with Gasteiger partial charge in [-0.05, 0) is 47.0 Å². The number of carbonyl (C=O) groups excluding carboxylic acids is 1. The van der Waals surface area contributed by atoms with Gasteiger partial charge in [-0.3, -0.25) is 5.32 Å². The van der Waals surface area contributed by atoms with Gasteiger partial charge in [-0.1, -0.05) is 91.7 Å². The van der Waals surface area contributed by atoms with Crippen molar-refractivity contribution in [1.82, 2.24) is 40.5 Å². The van der Waals surface area contributed by atoms with E-state index < -0.39 is 11.5 Å². The van der Waals surface area contributed by atoms with Crippen LogP contribution >= 0.6 is 11.6 Å². The summed E-state index contributed by atoms with van der Waals surface area (Å²) in [7, 11) is 3.17. The summed E-state index contributed by atoms with van der Waals surface area (Å²) in [6, 6.07) is 24.3. The number of H-pyrrole nitrogens is 2. The number of aromatic nitrogens is 7. The van der Waals surface area contributed by atoms with Crippen LogP contribution in [0, 0.1) is 0 Å². The number of tetrazole rings is 1. The van der Waals surface area contributed by atoms with Crippen molar-refractivity contribution in [1.29, 1.82) is 0 Å². The molecule has 0 saturated carbocycles. The first-order valence-corrected chi connectivity index (χ1v) is 15.4. The molecule has 6 rings (SSSR count). The number of esters is 1. The highest BCUT2D eigenvalue weighted by atomic mass is 35.5. The molecule has 0 unspecified atom stereocenters. The zero-order chi connectivity index (χ0) is 31.4. The number of aryl methyl sites for hydroxylation is 1. The lowest BCUT2D eigenvalue weighted by Crippen LogP contribution is -2.51. The second kappa shape index (κ2) is 13.1. The molecule has 3 aromatic carbocycles. The van der Waals surface area contributed by atoms with Crippen molar-refractivity contribution in [3.8, 4) is 22.5 Å². The fourth-order valence-electron chi connectivity index (χ4n) is 6.05. The van der Waals surface area contributed by atoms with Crippen molar-refractivity contribution in [3.05, 3.63) is 107 Å². The lowest BCUT2D eigenvalue weighted by atomic mass is 9.87. The predicted molar refractivity (Wildman–Crippen MR) is 175 cm³/mol. The fourth-order valence-corrected chi connectivity index (χ4v) is 6.41. The Labute approximate surface area is 266 Å². The van der Waals surface area contributed by atoms with Crippen LogP contribution in [0.1, 0.15) is 42.4 Å². The Balaban J connectivity index is 1.42. The lowest BCUT2D eigenvalue weighted by molar-refractivity contribution is -0.149. The Morgan fingerprint density at radius 2 is 1.80 bits per heavy atom. The summed E-state index contributed by atoms with van der Waals surface area (Å²) in [6.45, 7) is 2.61. The third kappa shape index (κ3) is 5.74. The largest absolute Gasteiger partial charge is 0.467 e. The molecule has 0 aliphatic carbocycles. The van der Waals surface area contributed by atoms with E-state index in [2.05, 4.69) is 66.7 Å². The first-order valence-electron chi connectivity index (χ1n) is 15.0. The first kappa shape index (κ1) is 30.2. The van der Waals surface area contributed by atoms with Crippen LogP contribution in [0.4, 0.5) is 0 Å². The first-order chi connectivity index (χ1) is 22.0. The van der Waals surface area contributed by atoms with E-state index in [0.717, 1.165) is 63.8 Å². The molecule has 0 aliphatic rings. The minimum atomic E-state index is -1.29. The average Bonchev–Trinajstić information content (AvgIpc) is 3.83. The van der Waals surface area contributed by atoms with E-state index in [1.165, 1.54) is 7.11 Å². The van der Waals surface area contributed by atoms with Gasteiger partial charge >= 0.3 is 5.97 Å². The number of carbonyl (C=O) groups is 1. The molecule has 0 aliphatic heterocycles. The highest BCUT2D eigenvalue weighted by molar-refractivity contribution is 6.30. The van der Waals surface area contributed by atoms with Gasteiger partial charge < -0.3 is 14.3 Å². The van der Waals surface area contributed by atoms with Crippen molar-refractivity contribution in [2.45, 2.75) is 44.7 Å². The third-order valence-electron chi connectivity index (χ3n) is 8.37. The summed E-state index contributed by atoms with van der Waals surface area (Å²) < 4.78 is 7.54. The van der Waals surface area contributed by atoms with Gasteiger partial charge in [0.15, 0.2) is 10.7 Å². The molecule has 0 radical (unpaired) electrons. The number of nitrogens with one attached hydrogen (secondary N) is 3. The fraction of sp³-hybridized carbons (Fsp3) is 0.265. The molecule has 0 bridgehead atoms. The molecule has 0 fully saturated rings. The third-order valence-corrected chi connectivity index (χ3v) is 8.64. The maximum atomic E-state index is 13.8. The standard InChI is InChI=1S/C34H35ClN8O2/c1-4-5-14-29-38-31(35)30(34(36-2,33(44)45-3)19-24-20-37-28-13-9-8-11-26(24)28)43(29)21-22-15-17-23(18-16-22)25-10-6-7-12-27(25)32-39-41-42-40-32/h6-13,15-18,20,36-37H,4-5,14,19,21H2,1-3H3,(H,39,40,41,42)/t34-/m1/s1. The van der Waals surface area contributed by atoms with Crippen LogP contribution in [-0.4, -0.2) is 55.3 Å². The molecule has 11 heteroatoms. The quantitative estimate of drug-likeness (QED) is 0.141. The molecule has 0 amide bonds. The van der Waals surface area contributed by atoms with Gasteiger partial charge in [-0.15, -0.1) is 10.2 Å². The van der Waals surface area contributed by atoms with E-state index in [4.69, 9.17) is 21.3 Å². The van der Waals surface area contributed by atoms with Crippen LogP contribution in [0.2, 0.25) is 5.15 Å². The number of imidazole rings is 1. The maximum Gasteiger partial charge on any atom is 0.332 e. The molecular weight excluding hydrogens is 588 g/mol. The van der Waals surface area contributed by atoms with E-state index in [1.807, 2.05) is 54.7 Å².